The molecule has 0 aliphatic heterocycles. The van der Waals surface area contributed by atoms with Gasteiger partial charge in [-0.05, 0) is 42.3 Å². The van der Waals surface area contributed by atoms with Gasteiger partial charge in [0.1, 0.15) is 10.9 Å². The number of hydrogen-bond acceptors (Lipinski definition) is 3. The molecule has 33 heavy (non-hydrogen) atoms. The summed E-state index contributed by atoms with van der Waals surface area (Å²) in [5.74, 6) is -0.975. The van der Waals surface area contributed by atoms with Crippen molar-refractivity contribution in [1.82, 2.24) is 4.72 Å². The molecule has 0 spiro atoms. The third-order valence-electron chi connectivity index (χ3n) is 4.57. The van der Waals surface area contributed by atoms with Gasteiger partial charge in [-0.2, -0.15) is 17.9 Å². The van der Waals surface area contributed by atoms with Gasteiger partial charge in [0.2, 0.25) is 15.9 Å². The fraction of sp³-hybridized carbons (Fsp3) is 0.136. The molecule has 3 aromatic carbocycles. The molecule has 0 radical (unpaired) electrons. The summed E-state index contributed by atoms with van der Waals surface area (Å²) in [7, 11) is -4.36. The van der Waals surface area contributed by atoms with Crippen LogP contribution >= 0.6 is 23.2 Å². The van der Waals surface area contributed by atoms with Crippen molar-refractivity contribution in [3.63, 3.8) is 0 Å². The van der Waals surface area contributed by atoms with E-state index in [1.54, 1.807) is 30.3 Å². The van der Waals surface area contributed by atoms with Crippen LogP contribution in [0.3, 0.4) is 0 Å². The van der Waals surface area contributed by atoms with Crippen LogP contribution in [0.1, 0.15) is 11.1 Å². The quantitative estimate of drug-likeness (QED) is 0.432. The number of anilines is 1. The highest BCUT2D eigenvalue weighted by Gasteiger charge is 2.35. The van der Waals surface area contributed by atoms with Crippen molar-refractivity contribution in [2.24, 2.45) is 0 Å². The summed E-state index contributed by atoms with van der Waals surface area (Å²) in [5, 5.41) is 2.16. The van der Waals surface area contributed by atoms with Gasteiger partial charge >= 0.3 is 6.18 Å². The minimum atomic E-state index is -4.72. The van der Waals surface area contributed by atoms with E-state index in [4.69, 9.17) is 23.2 Å². The van der Waals surface area contributed by atoms with E-state index < -0.39 is 39.4 Å². The van der Waals surface area contributed by atoms with E-state index in [1.807, 2.05) is 0 Å². The summed E-state index contributed by atoms with van der Waals surface area (Å²) in [6.45, 7) is 0. The van der Waals surface area contributed by atoms with Crippen LogP contribution in [0.2, 0.25) is 10.0 Å². The molecule has 0 fully saturated rings. The topological polar surface area (TPSA) is 75.3 Å². The summed E-state index contributed by atoms with van der Waals surface area (Å²) in [5.41, 5.74) is -0.966. The molecule has 5 nitrogen and oxygen atoms in total. The molecule has 1 amide bonds. The normalized spacial score (nSPS) is 12.9. The van der Waals surface area contributed by atoms with E-state index in [0.717, 1.165) is 18.2 Å². The van der Waals surface area contributed by atoms with Gasteiger partial charge in [0.25, 0.3) is 0 Å². The van der Waals surface area contributed by atoms with E-state index >= 15 is 0 Å². The highest BCUT2D eigenvalue weighted by Crippen LogP contribution is 2.34. The molecule has 0 aliphatic rings. The van der Waals surface area contributed by atoms with Crippen molar-refractivity contribution < 1.29 is 26.4 Å². The third kappa shape index (κ3) is 6.48. The standard InChI is InChI=1S/C22H17Cl2F3N2O3S/c23-15-10-11-17(24)20(13-15)33(31,32)29-19(12-14-6-2-1-3-7-14)21(30)28-18-9-5-4-8-16(18)22(25,26)27/h1-11,13,19,29H,12H2,(H,28,30)/t19-/m0/s1. The maximum absolute atomic E-state index is 13.3. The van der Waals surface area contributed by atoms with Crippen molar-refractivity contribution in [2.45, 2.75) is 23.5 Å². The lowest BCUT2D eigenvalue weighted by Gasteiger charge is -2.21. The molecule has 11 heteroatoms. The lowest BCUT2D eigenvalue weighted by Crippen LogP contribution is -2.45. The SMILES string of the molecule is O=C(Nc1ccccc1C(F)(F)F)[C@H](Cc1ccccc1)NS(=O)(=O)c1cc(Cl)ccc1Cl. The number of carbonyl (C=O) groups excluding carboxylic acids is 1. The monoisotopic (exact) mass is 516 g/mol. The molecule has 0 aliphatic carbocycles. The molecular weight excluding hydrogens is 500 g/mol. The van der Waals surface area contributed by atoms with E-state index in [2.05, 4.69) is 10.0 Å². The lowest BCUT2D eigenvalue weighted by molar-refractivity contribution is -0.137. The number of sulfonamides is 1. The van der Waals surface area contributed by atoms with Crippen molar-refractivity contribution in [1.29, 1.82) is 0 Å². The first-order valence-electron chi connectivity index (χ1n) is 9.46. The highest BCUT2D eigenvalue weighted by molar-refractivity contribution is 7.89. The Morgan fingerprint density at radius 3 is 2.24 bits per heavy atom. The first-order valence-corrected chi connectivity index (χ1v) is 11.7. The highest BCUT2D eigenvalue weighted by atomic mass is 35.5. The Hall–Kier alpha value is -2.59. The molecule has 0 heterocycles. The van der Waals surface area contributed by atoms with Gasteiger partial charge in [-0.15, -0.1) is 0 Å². The third-order valence-corrected chi connectivity index (χ3v) is 6.76. The number of para-hydroxylation sites is 1. The maximum atomic E-state index is 13.3. The van der Waals surface area contributed by atoms with Gasteiger partial charge in [0.05, 0.1) is 16.3 Å². The minimum absolute atomic E-state index is 0.0999. The van der Waals surface area contributed by atoms with Crippen LogP contribution in [0.25, 0.3) is 0 Å². The molecular formula is C22H17Cl2F3N2O3S. The second-order valence-corrected chi connectivity index (χ2v) is 9.50. The number of hydrogen-bond donors (Lipinski definition) is 2. The number of carbonyl (C=O) groups is 1. The molecule has 0 bridgehead atoms. The number of nitrogens with one attached hydrogen (secondary N) is 2. The van der Waals surface area contributed by atoms with Crippen LogP contribution in [0, 0.1) is 0 Å². The second kappa shape index (κ2) is 10.1. The van der Waals surface area contributed by atoms with E-state index in [0.29, 0.717) is 5.56 Å². The fourth-order valence-corrected chi connectivity index (χ4v) is 4.99. The maximum Gasteiger partial charge on any atom is 0.418 e. The zero-order chi connectivity index (χ0) is 24.2. The summed E-state index contributed by atoms with van der Waals surface area (Å²) < 4.78 is 68.2. The van der Waals surface area contributed by atoms with Gasteiger partial charge in [0.15, 0.2) is 0 Å². The van der Waals surface area contributed by atoms with E-state index in [9.17, 15) is 26.4 Å². The molecule has 0 unspecified atom stereocenters. The molecule has 3 rings (SSSR count). The second-order valence-electron chi connectivity index (χ2n) is 6.97. The van der Waals surface area contributed by atoms with Crippen LogP contribution in [0.4, 0.5) is 18.9 Å². The lowest BCUT2D eigenvalue weighted by atomic mass is 10.1. The largest absolute Gasteiger partial charge is 0.418 e. The summed E-state index contributed by atoms with van der Waals surface area (Å²) in [6.07, 6.45) is -4.84. The van der Waals surface area contributed by atoms with Crippen LogP contribution < -0.4 is 10.0 Å². The van der Waals surface area contributed by atoms with Crippen molar-refractivity contribution >= 4 is 44.8 Å². The molecule has 0 saturated carbocycles. The average molecular weight is 517 g/mol. The zero-order valence-corrected chi connectivity index (χ0v) is 19.1. The van der Waals surface area contributed by atoms with Crippen molar-refractivity contribution in [3.05, 3.63) is 94.0 Å². The van der Waals surface area contributed by atoms with Gasteiger partial charge in [0, 0.05) is 5.02 Å². The Bertz CT molecular complexity index is 1250. The van der Waals surface area contributed by atoms with Crippen LogP contribution in [0.15, 0.2) is 77.7 Å². The number of halogens is 5. The summed E-state index contributed by atoms with van der Waals surface area (Å²) in [4.78, 5) is 12.6. The number of alkyl halides is 3. The number of rotatable bonds is 7. The predicted octanol–water partition coefficient (Wildman–Crippen LogP) is 5.54. The van der Waals surface area contributed by atoms with Crippen molar-refractivity contribution in [3.8, 4) is 0 Å². The Balaban J connectivity index is 1.95. The summed E-state index contributed by atoms with van der Waals surface area (Å²) >= 11 is 11.9. The first-order chi connectivity index (χ1) is 15.5. The van der Waals surface area contributed by atoms with Crippen LogP contribution in [-0.4, -0.2) is 20.4 Å². The molecule has 0 aromatic heterocycles. The van der Waals surface area contributed by atoms with Gasteiger partial charge in [-0.1, -0.05) is 65.7 Å². The molecule has 3 aromatic rings. The van der Waals surface area contributed by atoms with Gasteiger partial charge in [-0.3, -0.25) is 4.79 Å². The summed E-state index contributed by atoms with van der Waals surface area (Å²) in [6, 6.07) is 15.2. The first kappa shape index (κ1) is 25.0. The van der Waals surface area contributed by atoms with Crippen LogP contribution in [0.5, 0.6) is 0 Å². The Kier molecular flexibility index (Phi) is 7.69. The molecule has 174 valence electrons. The van der Waals surface area contributed by atoms with E-state index in [1.165, 1.54) is 24.3 Å². The number of amides is 1. The fourth-order valence-electron chi connectivity index (χ4n) is 3.03. The van der Waals surface area contributed by atoms with Gasteiger partial charge in [-0.25, -0.2) is 8.42 Å². The molecule has 0 saturated heterocycles. The van der Waals surface area contributed by atoms with Crippen LogP contribution in [-0.2, 0) is 27.4 Å². The Morgan fingerprint density at radius 2 is 1.58 bits per heavy atom. The average Bonchev–Trinajstić information content (AvgIpc) is 2.75. The predicted molar refractivity (Wildman–Crippen MR) is 121 cm³/mol. The smallest absolute Gasteiger partial charge is 0.324 e. The van der Waals surface area contributed by atoms with E-state index in [-0.39, 0.29) is 21.4 Å². The molecule has 1 atom stereocenters. The minimum Gasteiger partial charge on any atom is -0.324 e. The number of benzene rings is 3. The molecule has 2 N–H and O–H groups in total. The van der Waals surface area contributed by atoms with Crippen molar-refractivity contribution in [2.75, 3.05) is 5.32 Å². The van der Waals surface area contributed by atoms with Gasteiger partial charge < -0.3 is 5.32 Å². The Morgan fingerprint density at radius 1 is 0.939 bits per heavy atom. The zero-order valence-electron chi connectivity index (χ0n) is 16.7. The Labute approximate surface area is 198 Å².